The summed E-state index contributed by atoms with van der Waals surface area (Å²) in [7, 11) is 3.28. The van der Waals surface area contributed by atoms with Gasteiger partial charge in [-0.2, -0.15) is 0 Å². The minimum atomic E-state index is -0.308. The van der Waals surface area contributed by atoms with Crippen LogP contribution in [-0.2, 0) is 9.47 Å². The predicted octanol–water partition coefficient (Wildman–Crippen LogP) is 3.76. The minimum Gasteiger partial charge on any atom is -0.392 e. The molecule has 1 fully saturated rings. The van der Waals surface area contributed by atoms with Crippen LogP contribution in [0.15, 0.2) is 29.2 Å². The Morgan fingerprint density at radius 3 is 2.35 bits per heavy atom. The molecule has 1 aliphatic carbocycles. The van der Waals surface area contributed by atoms with Crippen molar-refractivity contribution in [2.45, 2.75) is 54.6 Å². The Kier molecular flexibility index (Phi) is 6.36. The molecule has 1 aromatic rings. The number of hydrogen-bond donors (Lipinski definition) is 1. The lowest BCUT2D eigenvalue weighted by molar-refractivity contribution is -0.106. The van der Waals surface area contributed by atoms with Crippen LogP contribution in [0.1, 0.15) is 44.0 Å². The van der Waals surface area contributed by atoms with Crippen molar-refractivity contribution in [2.24, 2.45) is 0 Å². The van der Waals surface area contributed by atoms with Crippen molar-refractivity contribution in [3.05, 3.63) is 29.8 Å². The molecule has 0 amide bonds. The van der Waals surface area contributed by atoms with Crippen LogP contribution < -0.4 is 0 Å². The zero-order valence-electron chi connectivity index (χ0n) is 12.2. The standard InChI is InChI=1S/C16H24O3S/c1-18-16(19-2)12-8-10-13(11-9-12)20-15-7-5-3-4-6-14(15)17/h8-11,14-17H,3-7H2,1-2H3. The van der Waals surface area contributed by atoms with E-state index in [0.29, 0.717) is 5.25 Å². The number of hydrogen-bond acceptors (Lipinski definition) is 4. The fourth-order valence-corrected chi connectivity index (χ4v) is 3.86. The summed E-state index contributed by atoms with van der Waals surface area (Å²) in [5, 5.41) is 10.5. The number of thioether (sulfide) groups is 1. The first-order chi connectivity index (χ1) is 9.74. The Balaban J connectivity index is 1.99. The zero-order chi connectivity index (χ0) is 14.4. The normalized spacial score (nSPS) is 23.8. The molecule has 2 atom stereocenters. The van der Waals surface area contributed by atoms with Gasteiger partial charge in [-0.25, -0.2) is 0 Å². The van der Waals surface area contributed by atoms with Gasteiger partial charge in [-0.1, -0.05) is 31.4 Å². The van der Waals surface area contributed by atoms with E-state index >= 15 is 0 Å². The van der Waals surface area contributed by atoms with E-state index in [0.717, 1.165) is 24.8 Å². The van der Waals surface area contributed by atoms with Crippen molar-refractivity contribution in [1.82, 2.24) is 0 Å². The van der Waals surface area contributed by atoms with E-state index in [-0.39, 0.29) is 12.4 Å². The molecule has 20 heavy (non-hydrogen) atoms. The van der Waals surface area contributed by atoms with Crippen LogP contribution in [0.3, 0.4) is 0 Å². The third-order valence-corrected chi connectivity index (χ3v) is 5.18. The predicted molar refractivity (Wildman–Crippen MR) is 81.9 cm³/mol. The Hall–Kier alpha value is -0.550. The first-order valence-corrected chi connectivity index (χ1v) is 8.13. The second-order valence-electron chi connectivity index (χ2n) is 5.23. The molecule has 0 bridgehead atoms. The van der Waals surface area contributed by atoms with Gasteiger partial charge in [0.25, 0.3) is 0 Å². The molecular weight excluding hydrogens is 272 g/mol. The van der Waals surface area contributed by atoms with Gasteiger partial charge in [0.15, 0.2) is 6.29 Å². The molecule has 2 rings (SSSR count). The van der Waals surface area contributed by atoms with E-state index in [1.165, 1.54) is 17.7 Å². The highest BCUT2D eigenvalue weighted by molar-refractivity contribution is 8.00. The lowest BCUT2D eigenvalue weighted by Crippen LogP contribution is -2.21. The van der Waals surface area contributed by atoms with Crippen LogP contribution in [-0.4, -0.2) is 30.7 Å². The molecule has 3 nitrogen and oxygen atoms in total. The molecular formula is C16H24O3S. The maximum absolute atomic E-state index is 10.2. The van der Waals surface area contributed by atoms with Crippen LogP contribution >= 0.6 is 11.8 Å². The largest absolute Gasteiger partial charge is 0.392 e. The molecule has 0 aliphatic heterocycles. The fourth-order valence-electron chi connectivity index (χ4n) is 2.64. The van der Waals surface area contributed by atoms with Gasteiger partial charge in [-0.3, -0.25) is 0 Å². The summed E-state index contributed by atoms with van der Waals surface area (Å²) in [6, 6.07) is 8.23. The molecule has 1 saturated carbocycles. The van der Waals surface area contributed by atoms with Crippen molar-refractivity contribution >= 4 is 11.8 Å². The summed E-state index contributed by atoms with van der Waals surface area (Å²) in [6.07, 6.45) is 5.18. The fraction of sp³-hybridized carbons (Fsp3) is 0.625. The molecule has 0 radical (unpaired) electrons. The Morgan fingerprint density at radius 2 is 1.70 bits per heavy atom. The van der Waals surface area contributed by atoms with Gasteiger partial charge >= 0.3 is 0 Å². The summed E-state index contributed by atoms with van der Waals surface area (Å²) >= 11 is 1.79. The number of aliphatic hydroxyl groups excluding tert-OH is 1. The van der Waals surface area contributed by atoms with E-state index in [9.17, 15) is 5.11 Å². The van der Waals surface area contributed by atoms with Gasteiger partial charge in [0, 0.05) is 29.9 Å². The van der Waals surface area contributed by atoms with Gasteiger partial charge in [0.1, 0.15) is 0 Å². The molecule has 1 N–H and O–H groups in total. The average Bonchev–Trinajstić information content (AvgIpc) is 2.67. The number of ether oxygens (including phenoxy) is 2. The van der Waals surface area contributed by atoms with E-state index in [4.69, 9.17) is 9.47 Å². The number of aliphatic hydroxyl groups is 1. The Bertz CT molecular complexity index is 389. The first-order valence-electron chi connectivity index (χ1n) is 7.25. The zero-order valence-corrected chi connectivity index (χ0v) is 13.1. The highest BCUT2D eigenvalue weighted by Crippen LogP contribution is 2.33. The minimum absolute atomic E-state index is 0.173. The summed E-state index contributed by atoms with van der Waals surface area (Å²) in [5.41, 5.74) is 1.01. The lowest BCUT2D eigenvalue weighted by atomic mass is 10.1. The van der Waals surface area contributed by atoms with Crippen molar-refractivity contribution in [3.8, 4) is 0 Å². The van der Waals surface area contributed by atoms with Crippen molar-refractivity contribution in [2.75, 3.05) is 14.2 Å². The molecule has 0 aromatic heterocycles. The topological polar surface area (TPSA) is 38.7 Å². The van der Waals surface area contributed by atoms with Gasteiger partial charge in [-0.15, -0.1) is 11.8 Å². The van der Waals surface area contributed by atoms with Gasteiger partial charge in [0.2, 0.25) is 0 Å². The van der Waals surface area contributed by atoms with E-state index in [1.807, 2.05) is 12.1 Å². The van der Waals surface area contributed by atoms with Gasteiger partial charge < -0.3 is 14.6 Å². The highest BCUT2D eigenvalue weighted by Gasteiger charge is 2.22. The SMILES string of the molecule is COC(OC)c1ccc(SC2CCCCCC2O)cc1. The van der Waals surface area contributed by atoms with Crippen molar-refractivity contribution < 1.29 is 14.6 Å². The molecule has 1 aliphatic rings. The second kappa shape index (κ2) is 8.03. The summed E-state index contributed by atoms with van der Waals surface area (Å²) in [4.78, 5) is 1.20. The van der Waals surface area contributed by atoms with Crippen molar-refractivity contribution in [1.29, 1.82) is 0 Å². The van der Waals surface area contributed by atoms with Gasteiger partial charge in [-0.05, 0) is 25.0 Å². The third kappa shape index (κ3) is 4.22. The number of methoxy groups -OCH3 is 2. The Morgan fingerprint density at radius 1 is 1.05 bits per heavy atom. The first kappa shape index (κ1) is 15.8. The monoisotopic (exact) mass is 296 g/mol. The van der Waals surface area contributed by atoms with Gasteiger partial charge in [0.05, 0.1) is 6.10 Å². The summed E-state index contributed by atoms with van der Waals surface area (Å²) in [6.45, 7) is 0. The Labute approximate surface area is 125 Å². The van der Waals surface area contributed by atoms with E-state index in [2.05, 4.69) is 12.1 Å². The maximum Gasteiger partial charge on any atom is 0.183 e. The van der Waals surface area contributed by atoms with E-state index < -0.39 is 0 Å². The number of rotatable bonds is 5. The average molecular weight is 296 g/mol. The quantitative estimate of drug-likeness (QED) is 0.663. The molecule has 2 unspecified atom stereocenters. The van der Waals surface area contributed by atoms with Crippen molar-refractivity contribution in [3.63, 3.8) is 0 Å². The van der Waals surface area contributed by atoms with Crippen LogP contribution in [0.25, 0.3) is 0 Å². The molecule has 1 aromatic carbocycles. The smallest absolute Gasteiger partial charge is 0.183 e. The van der Waals surface area contributed by atoms with Crippen LogP contribution in [0, 0.1) is 0 Å². The molecule has 0 spiro atoms. The highest BCUT2D eigenvalue weighted by atomic mass is 32.2. The van der Waals surface area contributed by atoms with Crippen LogP contribution in [0.2, 0.25) is 0 Å². The lowest BCUT2D eigenvalue weighted by Gasteiger charge is -2.20. The van der Waals surface area contributed by atoms with E-state index in [1.54, 1.807) is 26.0 Å². The third-order valence-electron chi connectivity index (χ3n) is 3.79. The molecule has 0 saturated heterocycles. The number of benzene rings is 1. The van der Waals surface area contributed by atoms with Crippen LogP contribution in [0.5, 0.6) is 0 Å². The molecule has 112 valence electrons. The molecule has 4 heteroatoms. The van der Waals surface area contributed by atoms with Crippen LogP contribution in [0.4, 0.5) is 0 Å². The summed E-state index contributed by atoms with van der Waals surface area (Å²) < 4.78 is 10.5. The summed E-state index contributed by atoms with van der Waals surface area (Å²) in [5.74, 6) is 0. The second-order valence-corrected chi connectivity index (χ2v) is 6.55. The molecule has 0 heterocycles. The maximum atomic E-state index is 10.2.